The second-order valence-electron chi connectivity index (χ2n) is 8.99. The quantitative estimate of drug-likeness (QED) is 0.194. The number of hydrogen-bond donors (Lipinski definition) is 1. The van der Waals surface area contributed by atoms with Crippen molar-refractivity contribution in [2.24, 2.45) is 5.73 Å². The van der Waals surface area contributed by atoms with Crippen LogP contribution in [0.5, 0.6) is 5.75 Å². The van der Waals surface area contributed by atoms with Gasteiger partial charge in [0.25, 0.3) is 0 Å². The van der Waals surface area contributed by atoms with E-state index in [0.29, 0.717) is 12.3 Å². The SMILES string of the molecule is CC(C(=O)Oc1ccc2ccccc2c1)N(c1ccccc1)c1ccc2ccccc2c1CCCN. The van der Waals surface area contributed by atoms with E-state index in [9.17, 15) is 4.79 Å². The summed E-state index contributed by atoms with van der Waals surface area (Å²) in [7, 11) is 0. The number of nitrogens with two attached hydrogens (primary N) is 1. The summed E-state index contributed by atoms with van der Waals surface area (Å²) in [6.07, 6.45) is 1.68. The standard InChI is InChI=1S/C32H30N2O2/c1-23(32(35)36-28-19-17-24-10-5-6-12-26(24)22-28)34(27-13-3-2-4-14-27)31-20-18-25-11-7-8-15-29(25)30(31)16-9-21-33/h2-8,10-15,17-20,22-23H,9,16,21,33H2,1H3. The van der Waals surface area contributed by atoms with Crippen LogP contribution in [0.25, 0.3) is 21.5 Å². The van der Waals surface area contributed by atoms with E-state index in [1.165, 1.54) is 16.3 Å². The van der Waals surface area contributed by atoms with E-state index in [4.69, 9.17) is 10.5 Å². The fourth-order valence-electron chi connectivity index (χ4n) is 4.79. The average molecular weight is 475 g/mol. The van der Waals surface area contributed by atoms with Crippen molar-refractivity contribution >= 4 is 38.9 Å². The van der Waals surface area contributed by atoms with Gasteiger partial charge in [-0.15, -0.1) is 0 Å². The summed E-state index contributed by atoms with van der Waals surface area (Å²) in [6.45, 7) is 2.51. The molecule has 0 spiro atoms. The van der Waals surface area contributed by atoms with Gasteiger partial charge >= 0.3 is 5.97 Å². The second kappa shape index (κ2) is 10.6. The lowest BCUT2D eigenvalue weighted by Gasteiger charge is -2.32. The lowest BCUT2D eigenvalue weighted by molar-refractivity contribution is -0.135. The van der Waals surface area contributed by atoms with E-state index in [-0.39, 0.29) is 5.97 Å². The molecule has 1 unspecified atom stereocenters. The van der Waals surface area contributed by atoms with Gasteiger partial charge in [-0.05, 0) is 83.8 Å². The normalized spacial score (nSPS) is 11.9. The van der Waals surface area contributed by atoms with Gasteiger partial charge in [0, 0.05) is 11.4 Å². The first kappa shape index (κ1) is 23.6. The molecular formula is C32H30N2O2. The van der Waals surface area contributed by atoms with E-state index in [1.54, 1.807) is 0 Å². The molecule has 5 aromatic rings. The van der Waals surface area contributed by atoms with Crippen molar-refractivity contribution in [1.29, 1.82) is 0 Å². The Morgan fingerprint density at radius 3 is 2.25 bits per heavy atom. The summed E-state index contributed by atoms with van der Waals surface area (Å²) in [4.78, 5) is 15.6. The predicted molar refractivity (Wildman–Crippen MR) is 149 cm³/mol. The minimum Gasteiger partial charge on any atom is -0.425 e. The summed E-state index contributed by atoms with van der Waals surface area (Å²) >= 11 is 0. The Morgan fingerprint density at radius 2 is 1.47 bits per heavy atom. The van der Waals surface area contributed by atoms with Crippen molar-refractivity contribution in [2.75, 3.05) is 11.4 Å². The number of aryl methyl sites for hydroxylation is 1. The van der Waals surface area contributed by atoms with Crippen molar-refractivity contribution in [3.8, 4) is 5.75 Å². The molecular weight excluding hydrogens is 444 g/mol. The lowest BCUT2D eigenvalue weighted by Crippen LogP contribution is -2.38. The molecule has 5 rings (SSSR count). The Labute approximate surface area is 211 Å². The Balaban J connectivity index is 1.55. The van der Waals surface area contributed by atoms with Crippen LogP contribution in [0.15, 0.2) is 109 Å². The summed E-state index contributed by atoms with van der Waals surface area (Å²) in [5.41, 5.74) is 9.02. The van der Waals surface area contributed by atoms with Gasteiger partial charge in [0.15, 0.2) is 0 Å². The van der Waals surface area contributed by atoms with E-state index < -0.39 is 6.04 Å². The number of fused-ring (bicyclic) bond motifs is 2. The van der Waals surface area contributed by atoms with Crippen LogP contribution in [0.2, 0.25) is 0 Å². The molecule has 0 heterocycles. The van der Waals surface area contributed by atoms with Gasteiger partial charge in [-0.2, -0.15) is 0 Å². The van der Waals surface area contributed by atoms with Crippen LogP contribution in [-0.2, 0) is 11.2 Å². The molecule has 0 aliphatic rings. The lowest BCUT2D eigenvalue weighted by atomic mass is 9.97. The molecule has 0 aromatic heterocycles. The maximum atomic E-state index is 13.5. The fraction of sp³-hybridized carbons (Fsp3) is 0.156. The molecule has 180 valence electrons. The van der Waals surface area contributed by atoms with Crippen molar-refractivity contribution in [3.05, 3.63) is 115 Å². The van der Waals surface area contributed by atoms with Gasteiger partial charge < -0.3 is 15.4 Å². The number of rotatable bonds is 8. The zero-order chi connectivity index (χ0) is 24.9. The highest BCUT2D eigenvalue weighted by molar-refractivity contribution is 5.94. The van der Waals surface area contributed by atoms with Gasteiger partial charge in [0.1, 0.15) is 11.8 Å². The van der Waals surface area contributed by atoms with E-state index in [1.807, 2.05) is 85.8 Å². The summed E-state index contributed by atoms with van der Waals surface area (Å²) in [6, 6.07) is 35.9. The molecule has 0 aliphatic carbocycles. The first-order chi connectivity index (χ1) is 17.7. The van der Waals surface area contributed by atoms with E-state index in [0.717, 1.165) is 35.0 Å². The second-order valence-corrected chi connectivity index (χ2v) is 8.99. The molecule has 0 saturated carbocycles. The molecule has 36 heavy (non-hydrogen) atoms. The molecule has 0 bridgehead atoms. The predicted octanol–water partition coefficient (Wildman–Crippen LogP) is 7.02. The zero-order valence-electron chi connectivity index (χ0n) is 20.4. The molecule has 4 heteroatoms. The topological polar surface area (TPSA) is 55.6 Å². The van der Waals surface area contributed by atoms with Crippen molar-refractivity contribution < 1.29 is 9.53 Å². The molecule has 0 radical (unpaired) electrons. The largest absolute Gasteiger partial charge is 0.425 e. The number of ether oxygens (including phenoxy) is 1. The third kappa shape index (κ3) is 4.81. The van der Waals surface area contributed by atoms with Crippen LogP contribution in [0, 0.1) is 0 Å². The molecule has 1 atom stereocenters. The highest BCUT2D eigenvalue weighted by Crippen LogP contribution is 2.36. The van der Waals surface area contributed by atoms with Gasteiger partial charge in [-0.3, -0.25) is 0 Å². The van der Waals surface area contributed by atoms with Crippen LogP contribution in [0.3, 0.4) is 0 Å². The summed E-state index contributed by atoms with van der Waals surface area (Å²) in [5.74, 6) is 0.229. The molecule has 4 nitrogen and oxygen atoms in total. The number of esters is 1. The highest BCUT2D eigenvalue weighted by atomic mass is 16.5. The number of carbonyl (C=O) groups is 1. The number of para-hydroxylation sites is 1. The molecule has 2 N–H and O–H groups in total. The van der Waals surface area contributed by atoms with Gasteiger partial charge in [-0.25, -0.2) is 4.79 Å². The van der Waals surface area contributed by atoms with Gasteiger partial charge in [0.2, 0.25) is 0 Å². The average Bonchev–Trinajstić information content (AvgIpc) is 2.93. The van der Waals surface area contributed by atoms with E-state index >= 15 is 0 Å². The maximum absolute atomic E-state index is 13.5. The zero-order valence-corrected chi connectivity index (χ0v) is 20.4. The smallest absolute Gasteiger partial charge is 0.334 e. The first-order valence-electron chi connectivity index (χ1n) is 12.4. The third-order valence-electron chi connectivity index (χ3n) is 6.61. The monoisotopic (exact) mass is 474 g/mol. The first-order valence-corrected chi connectivity index (χ1v) is 12.4. The van der Waals surface area contributed by atoms with Crippen molar-refractivity contribution in [3.63, 3.8) is 0 Å². The summed E-state index contributed by atoms with van der Waals surface area (Å²) in [5, 5.41) is 4.50. The minimum atomic E-state index is -0.559. The number of carbonyl (C=O) groups excluding carboxylic acids is 1. The fourth-order valence-corrected chi connectivity index (χ4v) is 4.79. The highest BCUT2D eigenvalue weighted by Gasteiger charge is 2.27. The van der Waals surface area contributed by atoms with Crippen LogP contribution in [-0.4, -0.2) is 18.6 Å². The van der Waals surface area contributed by atoms with Crippen LogP contribution in [0.1, 0.15) is 18.9 Å². The van der Waals surface area contributed by atoms with Crippen LogP contribution in [0.4, 0.5) is 11.4 Å². The Kier molecular flexibility index (Phi) is 6.96. The molecule has 0 saturated heterocycles. The Bertz CT molecular complexity index is 1500. The molecule has 0 aliphatic heterocycles. The van der Waals surface area contributed by atoms with Crippen molar-refractivity contribution in [2.45, 2.75) is 25.8 Å². The number of benzene rings is 5. The van der Waals surface area contributed by atoms with Crippen LogP contribution >= 0.6 is 0 Å². The van der Waals surface area contributed by atoms with Crippen molar-refractivity contribution in [1.82, 2.24) is 0 Å². The maximum Gasteiger partial charge on any atom is 0.334 e. The molecule has 5 aromatic carbocycles. The number of anilines is 2. The molecule has 0 fully saturated rings. The third-order valence-corrected chi connectivity index (χ3v) is 6.61. The molecule has 0 amide bonds. The number of hydrogen-bond acceptors (Lipinski definition) is 4. The Hall–Kier alpha value is -4.15. The Morgan fingerprint density at radius 1 is 0.806 bits per heavy atom. The van der Waals surface area contributed by atoms with E-state index in [2.05, 4.69) is 35.2 Å². The van der Waals surface area contributed by atoms with Gasteiger partial charge in [-0.1, -0.05) is 78.9 Å². The minimum absolute atomic E-state index is 0.313. The number of nitrogens with zero attached hydrogens (tertiary/aromatic N) is 1. The van der Waals surface area contributed by atoms with Crippen LogP contribution < -0.4 is 15.4 Å². The summed E-state index contributed by atoms with van der Waals surface area (Å²) < 4.78 is 5.92. The van der Waals surface area contributed by atoms with Gasteiger partial charge in [0.05, 0.1) is 0 Å².